The van der Waals surface area contributed by atoms with Crippen LogP contribution in [-0.4, -0.2) is 30.2 Å². The molecule has 152 valence electrons. The number of methoxy groups -OCH3 is 1. The average molecular weight is 393 g/mol. The summed E-state index contributed by atoms with van der Waals surface area (Å²) in [7, 11) is 1.64. The molecule has 1 heterocycles. The van der Waals surface area contributed by atoms with Crippen molar-refractivity contribution < 1.29 is 9.47 Å². The predicted molar refractivity (Wildman–Crippen MR) is 117 cm³/mol. The summed E-state index contributed by atoms with van der Waals surface area (Å²) >= 11 is 0. The molecule has 0 saturated heterocycles. The summed E-state index contributed by atoms with van der Waals surface area (Å²) in [6, 6.07) is 17.7. The van der Waals surface area contributed by atoms with Gasteiger partial charge in [0.25, 0.3) is 0 Å². The molecule has 0 atom stereocenters. The van der Waals surface area contributed by atoms with Crippen LogP contribution in [0.15, 0.2) is 60.8 Å². The van der Waals surface area contributed by atoms with E-state index in [-0.39, 0.29) is 5.41 Å². The van der Waals surface area contributed by atoms with Gasteiger partial charge in [-0.05, 0) is 47.4 Å². The molecule has 3 rings (SSSR count). The highest BCUT2D eigenvalue weighted by Gasteiger charge is 2.17. The van der Waals surface area contributed by atoms with Gasteiger partial charge in [-0.1, -0.05) is 39.0 Å². The van der Waals surface area contributed by atoms with Gasteiger partial charge in [0.2, 0.25) is 5.95 Å². The summed E-state index contributed by atoms with van der Waals surface area (Å²) in [5.41, 5.74) is 2.32. The van der Waals surface area contributed by atoms with Gasteiger partial charge in [-0.3, -0.25) is 0 Å². The largest absolute Gasteiger partial charge is 0.497 e. The highest BCUT2D eigenvalue weighted by atomic mass is 16.5. The first-order valence-corrected chi connectivity index (χ1v) is 9.66. The maximum absolute atomic E-state index is 5.72. The van der Waals surface area contributed by atoms with Crippen molar-refractivity contribution in [3.8, 4) is 11.5 Å². The molecule has 0 aliphatic rings. The van der Waals surface area contributed by atoms with E-state index in [1.54, 1.807) is 13.3 Å². The molecule has 0 aliphatic carbocycles. The van der Waals surface area contributed by atoms with Crippen molar-refractivity contribution in [2.75, 3.05) is 30.9 Å². The van der Waals surface area contributed by atoms with E-state index in [1.165, 1.54) is 5.56 Å². The SMILES string of the molecule is COc1ccc(OCCNc2nccc(Nc3ccccc3C(C)(C)C)n2)cc1. The third kappa shape index (κ3) is 5.85. The fraction of sp³-hybridized carbons (Fsp3) is 0.304. The second kappa shape index (κ2) is 9.28. The molecule has 29 heavy (non-hydrogen) atoms. The molecule has 3 aromatic rings. The Bertz CT molecular complexity index is 921. The highest BCUT2D eigenvalue weighted by molar-refractivity contribution is 5.62. The van der Waals surface area contributed by atoms with Crippen molar-refractivity contribution in [2.24, 2.45) is 0 Å². The topological polar surface area (TPSA) is 68.3 Å². The van der Waals surface area contributed by atoms with Gasteiger partial charge in [-0.25, -0.2) is 4.98 Å². The van der Waals surface area contributed by atoms with Gasteiger partial charge in [0.15, 0.2) is 0 Å². The third-order valence-corrected chi connectivity index (χ3v) is 4.37. The van der Waals surface area contributed by atoms with Crippen molar-refractivity contribution in [1.82, 2.24) is 9.97 Å². The molecule has 0 saturated carbocycles. The lowest BCUT2D eigenvalue weighted by Gasteiger charge is -2.23. The van der Waals surface area contributed by atoms with E-state index in [9.17, 15) is 0 Å². The fourth-order valence-electron chi connectivity index (χ4n) is 2.90. The first-order chi connectivity index (χ1) is 14.0. The predicted octanol–water partition coefficient (Wildman–Crippen LogP) is 5.02. The number of hydrogen-bond acceptors (Lipinski definition) is 6. The smallest absolute Gasteiger partial charge is 0.224 e. The lowest BCUT2D eigenvalue weighted by Crippen LogP contribution is -2.15. The maximum atomic E-state index is 5.72. The second-order valence-corrected chi connectivity index (χ2v) is 7.64. The van der Waals surface area contributed by atoms with Gasteiger partial charge in [0, 0.05) is 11.9 Å². The van der Waals surface area contributed by atoms with Crippen LogP contribution in [0.5, 0.6) is 11.5 Å². The van der Waals surface area contributed by atoms with Crippen LogP contribution >= 0.6 is 0 Å². The first kappa shape index (κ1) is 20.5. The van der Waals surface area contributed by atoms with Gasteiger partial charge in [0.1, 0.15) is 23.9 Å². The number of nitrogens with one attached hydrogen (secondary N) is 2. The van der Waals surface area contributed by atoms with E-state index < -0.39 is 0 Å². The van der Waals surface area contributed by atoms with E-state index in [0.29, 0.717) is 19.1 Å². The number of aromatic nitrogens is 2. The van der Waals surface area contributed by atoms with Crippen LogP contribution in [0, 0.1) is 0 Å². The zero-order valence-corrected chi connectivity index (χ0v) is 17.4. The van der Waals surface area contributed by atoms with Crippen LogP contribution in [0.4, 0.5) is 17.5 Å². The normalized spacial score (nSPS) is 11.0. The van der Waals surface area contributed by atoms with Crippen molar-refractivity contribution in [1.29, 1.82) is 0 Å². The molecule has 0 unspecified atom stereocenters. The molecule has 0 spiro atoms. The lowest BCUT2D eigenvalue weighted by molar-refractivity contribution is 0.331. The quantitative estimate of drug-likeness (QED) is 0.525. The van der Waals surface area contributed by atoms with E-state index in [2.05, 4.69) is 59.6 Å². The second-order valence-electron chi connectivity index (χ2n) is 7.64. The van der Waals surface area contributed by atoms with Crippen LogP contribution in [0.25, 0.3) is 0 Å². The summed E-state index contributed by atoms with van der Waals surface area (Å²) in [5.74, 6) is 2.90. The van der Waals surface area contributed by atoms with Crippen LogP contribution in [0.3, 0.4) is 0 Å². The average Bonchev–Trinajstić information content (AvgIpc) is 2.72. The summed E-state index contributed by atoms with van der Waals surface area (Å²) in [6.07, 6.45) is 1.74. The zero-order chi connectivity index (χ0) is 20.7. The van der Waals surface area contributed by atoms with Gasteiger partial charge in [-0.15, -0.1) is 0 Å². The maximum Gasteiger partial charge on any atom is 0.224 e. The van der Waals surface area contributed by atoms with Gasteiger partial charge in [0.05, 0.1) is 13.7 Å². The molecule has 0 radical (unpaired) electrons. The number of benzene rings is 2. The molecule has 6 nitrogen and oxygen atoms in total. The standard InChI is InChI=1S/C23H28N4O2/c1-23(2,3)19-7-5-6-8-20(19)26-21-13-14-24-22(27-21)25-15-16-29-18-11-9-17(28-4)10-12-18/h5-14H,15-16H2,1-4H3,(H2,24,25,26,27). The summed E-state index contributed by atoms with van der Waals surface area (Å²) in [5, 5.41) is 6.61. The molecule has 2 N–H and O–H groups in total. The number of ether oxygens (including phenoxy) is 2. The number of anilines is 3. The van der Waals surface area contributed by atoms with Gasteiger partial charge >= 0.3 is 0 Å². The molecule has 6 heteroatoms. The molecular formula is C23H28N4O2. The lowest BCUT2D eigenvalue weighted by atomic mass is 9.86. The minimum absolute atomic E-state index is 0.0382. The first-order valence-electron chi connectivity index (χ1n) is 9.66. The van der Waals surface area contributed by atoms with Crippen molar-refractivity contribution in [2.45, 2.75) is 26.2 Å². The Morgan fingerprint density at radius 2 is 1.66 bits per heavy atom. The van der Waals surface area contributed by atoms with E-state index in [1.807, 2.05) is 36.4 Å². The van der Waals surface area contributed by atoms with Crippen LogP contribution in [0.1, 0.15) is 26.3 Å². The molecule has 0 bridgehead atoms. The van der Waals surface area contributed by atoms with Crippen molar-refractivity contribution in [3.63, 3.8) is 0 Å². The number of hydrogen-bond donors (Lipinski definition) is 2. The van der Waals surface area contributed by atoms with E-state index in [0.717, 1.165) is 23.0 Å². The minimum atomic E-state index is 0.0382. The molecule has 0 fully saturated rings. The summed E-state index contributed by atoms with van der Waals surface area (Å²) < 4.78 is 10.9. The van der Waals surface area contributed by atoms with Gasteiger partial charge in [-0.2, -0.15) is 4.98 Å². The summed E-state index contributed by atoms with van der Waals surface area (Å²) in [6.45, 7) is 7.68. The summed E-state index contributed by atoms with van der Waals surface area (Å²) in [4.78, 5) is 8.84. The number of rotatable bonds is 8. The number of para-hydroxylation sites is 1. The minimum Gasteiger partial charge on any atom is -0.497 e. The fourth-order valence-corrected chi connectivity index (χ4v) is 2.90. The van der Waals surface area contributed by atoms with Crippen LogP contribution in [0.2, 0.25) is 0 Å². The zero-order valence-electron chi connectivity index (χ0n) is 17.4. The Hall–Kier alpha value is -3.28. The molecule has 0 amide bonds. The van der Waals surface area contributed by atoms with Crippen molar-refractivity contribution in [3.05, 3.63) is 66.4 Å². The molecule has 1 aromatic heterocycles. The third-order valence-electron chi connectivity index (χ3n) is 4.37. The Morgan fingerprint density at radius 3 is 2.38 bits per heavy atom. The number of nitrogens with zero attached hydrogens (tertiary/aromatic N) is 2. The molecular weight excluding hydrogens is 364 g/mol. The molecule has 2 aromatic carbocycles. The Labute approximate surface area is 172 Å². The van der Waals surface area contributed by atoms with Crippen molar-refractivity contribution >= 4 is 17.5 Å². The monoisotopic (exact) mass is 392 g/mol. The molecule has 0 aliphatic heterocycles. The van der Waals surface area contributed by atoms with Crippen LogP contribution in [-0.2, 0) is 5.41 Å². The Kier molecular flexibility index (Phi) is 6.54. The Morgan fingerprint density at radius 1 is 0.931 bits per heavy atom. The highest BCUT2D eigenvalue weighted by Crippen LogP contribution is 2.30. The van der Waals surface area contributed by atoms with E-state index in [4.69, 9.17) is 9.47 Å². The van der Waals surface area contributed by atoms with E-state index >= 15 is 0 Å². The van der Waals surface area contributed by atoms with Gasteiger partial charge < -0.3 is 20.1 Å². The Balaban J connectivity index is 1.56. The van der Waals surface area contributed by atoms with Crippen LogP contribution < -0.4 is 20.1 Å².